The number of carboxylic acids is 1. The van der Waals surface area contributed by atoms with Crippen molar-refractivity contribution >= 4 is 180 Å². The predicted octanol–water partition coefficient (Wildman–Crippen LogP) is 8.65. The Morgan fingerprint density at radius 2 is 0.731 bits per heavy atom. The average Bonchev–Trinajstić information content (AvgIpc) is 2.35. The quantitative estimate of drug-likeness (QED) is 0.277. The maximum absolute atomic E-state index is 11.2. The van der Waals surface area contributed by atoms with Crippen molar-refractivity contribution in [2.75, 3.05) is 0 Å². The summed E-state index contributed by atoms with van der Waals surface area (Å²) in [6.07, 6.45) is 0. The van der Waals surface area contributed by atoms with Crippen molar-refractivity contribution in [3.05, 3.63) is 0 Å². The molecule has 3 nitrogen and oxygen atoms in total. The summed E-state index contributed by atoms with van der Waals surface area (Å²) >= 11 is 87.4. The molecule has 0 aromatic heterocycles. The van der Waals surface area contributed by atoms with E-state index in [0.29, 0.717) is 0 Å². The summed E-state index contributed by atoms with van der Waals surface area (Å²) in [5.41, 5.74) is 0. The monoisotopic (exact) mass is 671 g/mol. The highest BCUT2D eigenvalue weighted by atomic mass is 35.6. The molecular weight excluding hydrogens is 674 g/mol. The van der Waals surface area contributed by atoms with Gasteiger partial charge in [-0.15, -0.1) is 0 Å². The van der Waals surface area contributed by atoms with E-state index in [-0.39, 0.29) is 6.15 Å². The number of carboxylic acid groups (broad SMARTS) is 1. The molecule has 0 aliphatic rings. The maximum Gasteiger partial charge on any atom is 0.343 e. The van der Waals surface area contributed by atoms with Crippen molar-refractivity contribution in [1.82, 2.24) is 6.15 Å². The molecule has 0 saturated carbocycles. The van der Waals surface area contributed by atoms with E-state index in [2.05, 4.69) is 0 Å². The molecule has 0 aromatic carbocycles. The lowest BCUT2D eigenvalue weighted by Gasteiger charge is -2.52. The molecule has 0 heterocycles. The summed E-state index contributed by atoms with van der Waals surface area (Å²) in [5.74, 6) is -1.98. The predicted molar refractivity (Wildman–Crippen MR) is 120 cm³/mol. The van der Waals surface area contributed by atoms with Crippen molar-refractivity contribution in [2.45, 2.75) is 29.8 Å². The first kappa shape index (κ1) is 32.0. The molecular formula is C8H4Cl15NO2. The van der Waals surface area contributed by atoms with E-state index >= 15 is 0 Å². The van der Waals surface area contributed by atoms with Crippen LogP contribution in [0.3, 0.4) is 0 Å². The van der Waals surface area contributed by atoms with Crippen LogP contribution in [0.1, 0.15) is 0 Å². The Labute approximate surface area is 223 Å². The molecule has 0 aromatic rings. The SMILES string of the molecule is N.O=C(O)C(Cl)(Cl)C(Cl)(Cl)C(Cl)(Cl)C(Cl)(Cl)C(Cl)(Cl)C(Cl)(Cl)C(Cl)(Cl)Cl. The van der Waals surface area contributed by atoms with Gasteiger partial charge in [-0.05, 0) is 0 Å². The molecule has 0 amide bonds. The zero-order valence-corrected chi connectivity index (χ0v) is 22.6. The standard InChI is InChI=1S/C8HCl15O2.H3N/c9-2(10,1(24)25)3(11,12)4(13,14)5(15,16)6(17,18)7(19,20)8(21,22)23;/h(H,24,25);1H3. The van der Waals surface area contributed by atoms with Gasteiger partial charge < -0.3 is 11.3 Å². The van der Waals surface area contributed by atoms with Crippen LogP contribution in [-0.4, -0.2) is 40.9 Å². The normalized spacial score (nSPS) is 15.5. The van der Waals surface area contributed by atoms with Gasteiger partial charge in [-0.3, -0.25) is 0 Å². The average molecular weight is 678 g/mol. The van der Waals surface area contributed by atoms with E-state index < -0.39 is 35.8 Å². The van der Waals surface area contributed by atoms with Crippen molar-refractivity contribution in [1.29, 1.82) is 0 Å². The van der Waals surface area contributed by atoms with E-state index in [1.807, 2.05) is 0 Å². The van der Waals surface area contributed by atoms with Gasteiger partial charge in [0.1, 0.15) is 0 Å². The summed E-state index contributed by atoms with van der Waals surface area (Å²) in [4.78, 5) is 11.2. The lowest BCUT2D eigenvalue weighted by atomic mass is 10.0. The largest absolute Gasteiger partial charge is 0.479 e. The van der Waals surface area contributed by atoms with Gasteiger partial charge in [-0.1, -0.05) is 174 Å². The van der Waals surface area contributed by atoms with E-state index in [9.17, 15) is 4.79 Å². The van der Waals surface area contributed by atoms with Gasteiger partial charge in [0.2, 0.25) is 12.5 Å². The summed E-state index contributed by atoms with van der Waals surface area (Å²) in [6.45, 7) is 0. The van der Waals surface area contributed by atoms with Crippen LogP contribution in [0.25, 0.3) is 0 Å². The van der Waals surface area contributed by atoms with Gasteiger partial charge in [0.05, 0.1) is 0 Å². The van der Waals surface area contributed by atoms with Gasteiger partial charge >= 0.3 is 5.97 Å². The molecule has 4 N–H and O–H groups in total. The molecule has 0 bridgehead atoms. The molecule has 0 rings (SSSR count). The fourth-order valence-corrected chi connectivity index (χ4v) is 5.30. The minimum absolute atomic E-state index is 0. The first-order valence-corrected chi connectivity index (χ1v) is 10.7. The Morgan fingerprint density at radius 1 is 0.500 bits per heavy atom. The lowest BCUT2D eigenvalue weighted by Crippen LogP contribution is -2.69. The topological polar surface area (TPSA) is 72.3 Å². The number of rotatable bonds is 6. The highest BCUT2D eigenvalue weighted by Crippen LogP contribution is 2.70. The molecule has 0 aliphatic carbocycles. The Bertz CT molecular complexity index is 536. The van der Waals surface area contributed by atoms with Crippen molar-refractivity contribution in [3.63, 3.8) is 0 Å². The molecule has 18 heteroatoms. The van der Waals surface area contributed by atoms with Crippen molar-refractivity contribution < 1.29 is 9.90 Å². The molecule has 0 unspecified atom stereocenters. The van der Waals surface area contributed by atoms with Crippen LogP contribution in [0.4, 0.5) is 0 Å². The summed E-state index contributed by atoms with van der Waals surface area (Å²) < 4.78 is -20.7. The third-order valence-corrected chi connectivity index (χ3v) is 12.5. The van der Waals surface area contributed by atoms with Crippen LogP contribution in [0.5, 0.6) is 0 Å². The molecule has 0 radical (unpaired) electrons. The van der Waals surface area contributed by atoms with E-state index in [1.54, 1.807) is 0 Å². The van der Waals surface area contributed by atoms with Crippen LogP contribution in [-0.2, 0) is 4.79 Å². The van der Waals surface area contributed by atoms with Gasteiger partial charge in [0.25, 0.3) is 0 Å². The summed E-state index contributed by atoms with van der Waals surface area (Å²) in [5, 5.41) is 9.08. The van der Waals surface area contributed by atoms with Gasteiger partial charge in [0, 0.05) is 0 Å². The van der Waals surface area contributed by atoms with E-state index in [0.717, 1.165) is 0 Å². The summed E-state index contributed by atoms with van der Waals surface area (Å²) in [6, 6.07) is 0. The second kappa shape index (κ2) is 9.33. The van der Waals surface area contributed by atoms with Gasteiger partial charge in [-0.2, -0.15) is 0 Å². The number of aliphatic carboxylic acids is 1. The number of halogens is 15. The first-order chi connectivity index (χ1) is 10.4. The fourth-order valence-electron chi connectivity index (χ4n) is 1.10. The first-order valence-electron chi connectivity index (χ1n) is 5.01. The second-order valence-corrected chi connectivity index (χ2v) is 14.5. The van der Waals surface area contributed by atoms with Crippen LogP contribution < -0.4 is 6.15 Å². The molecule has 0 fully saturated rings. The second-order valence-electron chi connectivity index (χ2n) is 4.25. The van der Waals surface area contributed by atoms with Crippen LogP contribution in [0.15, 0.2) is 0 Å². The Balaban J connectivity index is 0. The van der Waals surface area contributed by atoms with E-state index in [1.165, 1.54) is 0 Å². The van der Waals surface area contributed by atoms with E-state index in [4.69, 9.17) is 179 Å². The Kier molecular flexibility index (Phi) is 11.5. The van der Waals surface area contributed by atoms with Crippen molar-refractivity contribution in [2.24, 2.45) is 0 Å². The molecule has 0 saturated heterocycles. The number of alkyl halides is 15. The highest BCUT2D eigenvalue weighted by Gasteiger charge is 2.80. The molecule has 0 atom stereocenters. The van der Waals surface area contributed by atoms with Gasteiger partial charge in [0.15, 0.2) is 17.3 Å². The number of carbonyl (C=O) groups is 1. The fraction of sp³-hybridized carbons (Fsp3) is 0.875. The minimum atomic E-state index is -3.08. The highest BCUT2D eigenvalue weighted by molar-refractivity contribution is 6.83. The van der Waals surface area contributed by atoms with Crippen molar-refractivity contribution in [3.8, 4) is 0 Å². The summed E-state index contributed by atoms with van der Waals surface area (Å²) in [7, 11) is 0. The Hall–Kier alpha value is 3.78. The zero-order valence-electron chi connectivity index (χ0n) is 11.2. The van der Waals surface area contributed by atoms with Crippen LogP contribution in [0, 0.1) is 0 Å². The van der Waals surface area contributed by atoms with Crippen LogP contribution >= 0.6 is 174 Å². The number of hydrogen-bond acceptors (Lipinski definition) is 2. The molecule has 0 aliphatic heterocycles. The smallest absolute Gasteiger partial charge is 0.343 e. The number of hydrogen-bond donors (Lipinski definition) is 2. The van der Waals surface area contributed by atoms with Crippen LogP contribution in [0.2, 0.25) is 0 Å². The van der Waals surface area contributed by atoms with Gasteiger partial charge in [-0.25, -0.2) is 4.79 Å². The molecule has 26 heavy (non-hydrogen) atoms. The molecule has 158 valence electrons. The lowest BCUT2D eigenvalue weighted by molar-refractivity contribution is -0.138. The maximum atomic E-state index is 11.2. The minimum Gasteiger partial charge on any atom is -0.479 e. The third kappa shape index (κ3) is 4.90. The zero-order chi connectivity index (χ0) is 21.1. The Morgan fingerprint density at radius 3 is 0.962 bits per heavy atom. The third-order valence-electron chi connectivity index (χ3n) is 2.60. The molecule has 0 spiro atoms.